The summed E-state index contributed by atoms with van der Waals surface area (Å²) >= 11 is 0. The lowest BCUT2D eigenvalue weighted by Crippen LogP contribution is -2.42. The molecule has 0 spiro atoms. The van der Waals surface area contributed by atoms with Gasteiger partial charge in [-0.1, -0.05) is 5.16 Å². The minimum Gasteiger partial charge on any atom is -0.497 e. The van der Waals surface area contributed by atoms with Crippen LogP contribution in [-0.4, -0.2) is 59.4 Å². The first-order valence-electron chi connectivity index (χ1n) is 11.4. The average Bonchev–Trinajstić information content (AvgIpc) is 3.26. The molecule has 0 radical (unpaired) electrons. The molecule has 180 valence electrons. The van der Waals surface area contributed by atoms with Crippen LogP contribution >= 0.6 is 0 Å². The number of likely N-dealkylation sites (tertiary alicyclic amines) is 1. The van der Waals surface area contributed by atoms with E-state index in [0.29, 0.717) is 56.5 Å². The number of amides is 2. The van der Waals surface area contributed by atoms with Crippen molar-refractivity contribution in [3.63, 3.8) is 0 Å². The minimum absolute atomic E-state index is 0.142. The molecule has 0 saturated carbocycles. The van der Waals surface area contributed by atoms with Gasteiger partial charge >= 0.3 is 6.09 Å². The smallest absolute Gasteiger partial charge is 0.407 e. The average molecular weight is 459 g/mol. The highest BCUT2D eigenvalue weighted by Crippen LogP contribution is 2.21. The largest absolute Gasteiger partial charge is 0.497 e. The number of hydrogen-bond acceptors (Lipinski definition) is 7. The number of carbonyl (C=O) groups excluding carboxylic acids is 2. The molecule has 2 aromatic rings. The first-order valence-corrected chi connectivity index (χ1v) is 11.4. The van der Waals surface area contributed by atoms with Gasteiger partial charge < -0.3 is 24.2 Å². The van der Waals surface area contributed by atoms with Gasteiger partial charge in [-0.15, -0.1) is 0 Å². The Hall–Kier alpha value is -3.10. The number of alkyl carbamates (subject to hydrolysis) is 1. The molecule has 1 aromatic heterocycles. The van der Waals surface area contributed by atoms with Crippen LogP contribution in [0.1, 0.15) is 52.3 Å². The maximum absolute atomic E-state index is 12.6. The molecule has 0 bridgehead atoms. The van der Waals surface area contributed by atoms with Crippen molar-refractivity contribution in [1.82, 2.24) is 20.4 Å². The van der Waals surface area contributed by atoms with Gasteiger partial charge in [0.15, 0.2) is 0 Å². The van der Waals surface area contributed by atoms with Gasteiger partial charge in [-0.05, 0) is 70.2 Å². The summed E-state index contributed by atoms with van der Waals surface area (Å²) in [6, 6.07) is 7.45. The molecular formula is C24H34N4O5. The van der Waals surface area contributed by atoms with Crippen LogP contribution in [0.3, 0.4) is 0 Å². The summed E-state index contributed by atoms with van der Waals surface area (Å²) in [4.78, 5) is 30.7. The summed E-state index contributed by atoms with van der Waals surface area (Å²) in [6.07, 6.45) is 3.01. The van der Waals surface area contributed by atoms with Crippen LogP contribution in [0.25, 0.3) is 11.4 Å². The van der Waals surface area contributed by atoms with Crippen molar-refractivity contribution >= 4 is 12.0 Å². The van der Waals surface area contributed by atoms with Crippen molar-refractivity contribution in [2.45, 2.75) is 58.5 Å². The molecule has 1 aliphatic rings. The zero-order valence-electron chi connectivity index (χ0n) is 19.9. The zero-order chi connectivity index (χ0) is 23.8. The molecule has 1 N–H and O–H groups in total. The molecule has 0 atom stereocenters. The summed E-state index contributed by atoms with van der Waals surface area (Å²) in [5, 5.41) is 6.86. The molecule has 2 amide bonds. The Balaban J connectivity index is 1.35. The third-order valence-corrected chi connectivity index (χ3v) is 5.50. The molecule has 3 rings (SSSR count). The minimum atomic E-state index is -0.502. The van der Waals surface area contributed by atoms with E-state index < -0.39 is 11.7 Å². The van der Waals surface area contributed by atoms with Crippen LogP contribution in [0.15, 0.2) is 28.8 Å². The lowest BCUT2D eigenvalue weighted by Gasteiger charge is -2.32. The fourth-order valence-corrected chi connectivity index (χ4v) is 3.69. The molecule has 1 aromatic carbocycles. The summed E-state index contributed by atoms with van der Waals surface area (Å²) in [5.74, 6) is 2.32. The number of carbonyl (C=O) groups is 2. The molecule has 1 saturated heterocycles. The van der Waals surface area contributed by atoms with Crippen LogP contribution < -0.4 is 10.1 Å². The molecule has 0 aliphatic carbocycles. The highest BCUT2D eigenvalue weighted by atomic mass is 16.6. The number of nitrogens with one attached hydrogen (secondary N) is 1. The molecule has 0 unspecified atom stereocenters. The predicted molar refractivity (Wildman–Crippen MR) is 123 cm³/mol. The Bertz CT molecular complexity index is 912. The van der Waals surface area contributed by atoms with Crippen molar-refractivity contribution < 1.29 is 23.6 Å². The third kappa shape index (κ3) is 7.76. The van der Waals surface area contributed by atoms with E-state index >= 15 is 0 Å². The molecule has 9 heteroatoms. The van der Waals surface area contributed by atoms with Crippen LogP contribution in [-0.2, 0) is 16.0 Å². The molecule has 33 heavy (non-hydrogen) atoms. The summed E-state index contributed by atoms with van der Waals surface area (Å²) in [5.41, 5.74) is 0.351. The van der Waals surface area contributed by atoms with Gasteiger partial charge in [-0.25, -0.2) is 4.79 Å². The van der Waals surface area contributed by atoms with E-state index in [1.54, 1.807) is 7.11 Å². The van der Waals surface area contributed by atoms with Crippen LogP contribution in [0.5, 0.6) is 5.75 Å². The van der Waals surface area contributed by atoms with Crippen LogP contribution in [0.2, 0.25) is 0 Å². The monoisotopic (exact) mass is 458 g/mol. The second kappa shape index (κ2) is 11.2. The van der Waals surface area contributed by atoms with Crippen LogP contribution in [0.4, 0.5) is 4.79 Å². The summed E-state index contributed by atoms with van der Waals surface area (Å²) in [7, 11) is 1.62. The maximum Gasteiger partial charge on any atom is 0.407 e. The highest BCUT2D eigenvalue weighted by Gasteiger charge is 2.24. The summed E-state index contributed by atoms with van der Waals surface area (Å²) < 4.78 is 15.8. The van der Waals surface area contributed by atoms with E-state index in [2.05, 4.69) is 15.5 Å². The van der Waals surface area contributed by atoms with E-state index in [1.165, 1.54) is 0 Å². The predicted octanol–water partition coefficient (Wildman–Crippen LogP) is 3.83. The molecule has 2 heterocycles. The topological polar surface area (TPSA) is 107 Å². The number of benzene rings is 1. The number of aryl methyl sites for hydroxylation is 1. The number of nitrogens with zero attached hydrogens (tertiary/aromatic N) is 3. The van der Waals surface area contributed by atoms with Crippen molar-refractivity contribution in [1.29, 1.82) is 0 Å². The SMILES string of the molecule is COc1ccc(-c2noc(CCCC(=O)N3CCC(CNC(=O)OC(C)(C)C)CC3)n2)cc1. The Kier molecular flexibility index (Phi) is 8.30. The lowest BCUT2D eigenvalue weighted by atomic mass is 9.96. The summed E-state index contributed by atoms with van der Waals surface area (Å²) in [6.45, 7) is 7.52. The van der Waals surface area contributed by atoms with Crippen molar-refractivity contribution in [3.8, 4) is 17.1 Å². The van der Waals surface area contributed by atoms with Gasteiger partial charge in [0.05, 0.1) is 7.11 Å². The van der Waals surface area contributed by atoms with E-state index in [9.17, 15) is 9.59 Å². The van der Waals surface area contributed by atoms with Gasteiger partial charge in [0.2, 0.25) is 17.6 Å². The van der Waals surface area contributed by atoms with E-state index in [-0.39, 0.29) is 5.91 Å². The fourth-order valence-electron chi connectivity index (χ4n) is 3.69. The maximum atomic E-state index is 12.6. The third-order valence-electron chi connectivity index (χ3n) is 5.50. The van der Waals surface area contributed by atoms with E-state index in [4.69, 9.17) is 14.0 Å². The quantitative estimate of drug-likeness (QED) is 0.641. The molecule has 1 fully saturated rings. The first kappa shape index (κ1) is 24.5. The molecule has 1 aliphatic heterocycles. The highest BCUT2D eigenvalue weighted by molar-refractivity contribution is 5.76. The first-order chi connectivity index (χ1) is 15.7. The number of methoxy groups -OCH3 is 1. The van der Waals surface area contributed by atoms with Gasteiger partial charge in [-0.2, -0.15) is 4.98 Å². The number of piperidine rings is 1. The standard InChI is InChI=1S/C24H34N4O5/c1-24(2,3)32-23(30)25-16-17-12-14-28(15-13-17)21(29)7-5-6-20-26-22(27-33-20)18-8-10-19(31-4)11-9-18/h8-11,17H,5-7,12-16H2,1-4H3,(H,25,30). The number of rotatable bonds is 8. The second-order valence-corrected chi connectivity index (χ2v) is 9.30. The molecular weight excluding hydrogens is 424 g/mol. The number of hydrogen-bond donors (Lipinski definition) is 1. The number of ether oxygens (including phenoxy) is 2. The fraction of sp³-hybridized carbons (Fsp3) is 0.583. The van der Waals surface area contributed by atoms with Crippen molar-refractivity contribution in [3.05, 3.63) is 30.2 Å². The van der Waals surface area contributed by atoms with Gasteiger partial charge in [0.25, 0.3) is 0 Å². The van der Waals surface area contributed by atoms with Gasteiger partial charge in [0, 0.05) is 38.0 Å². The van der Waals surface area contributed by atoms with Gasteiger partial charge in [-0.3, -0.25) is 4.79 Å². The zero-order valence-corrected chi connectivity index (χ0v) is 19.9. The Morgan fingerprint density at radius 2 is 1.88 bits per heavy atom. The second-order valence-electron chi connectivity index (χ2n) is 9.30. The van der Waals surface area contributed by atoms with Crippen molar-refractivity contribution in [2.75, 3.05) is 26.7 Å². The van der Waals surface area contributed by atoms with Crippen molar-refractivity contribution in [2.24, 2.45) is 5.92 Å². The Morgan fingerprint density at radius 1 is 1.18 bits per heavy atom. The molecule has 9 nitrogen and oxygen atoms in total. The van der Waals surface area contributed by atoms with Crippen LogP contribution in [0, 0.1) is 5.92 Å². The normalized spacial score (nSPS) is 14.7. The van der Waals surface area contributed by atoms with E-state index in [1.807, 2.05) is 49.9 Å². The number of aromatic nitrogens is 2. The lowest BCUT2D eigenvalue weighted by molar-refractivity contribution is -0.132. The Morgan fingerprint density at radius 3 is 2.52 bits per heavy atom. The van der Waals surface area contributed by atoms with E-state index in [0.717, 1.165) is 24.2 Å². The van der Waals surface area contributed by atoms with Gasteiger partial charge in [0.1, 0.15) is 11.4 Å². The Labute approximate surface area is 194 Å².